The molecule has 0 saturated carbocycles. The van der Waals surface area contributed by atoms with Gasteiger partial charge in [-0.15, -0.1) is 11.3 Å². The lowest BCUT2D eigenvalue weighted by Gasteiger charge is -2.24. The minimum Gasteiger partial charge on any atom is -0.477 e. The number of thiazole rings is 1. The number of benzene rings is 3. The standard InChI is InChI=1S/C32H32N4O5S/c1-20-29(31(38)39)42-28(34-20)16-33-30(37)27(18-36(2)17-21-10-4-3-5-11-21)35-32(40)41-19-26-24-14-8-6-12-22(24)23-13-7-9-15-25(23)26/h3-15,26-27H,16-19H2,1-2H3,(H,33,37)(H,35,40)(H,38,39). The molecule has 4 aromatic rings. The molecule has 1 aliphatic carbocycles. The van der Waals surface area contributed by atoms with Gasteiger partial charge in [0.15, 0.2) is 0 Å². The molecule has 2 amide bonds. The number of hydrogen-bond donors (Lipinski definition) is 3. The zero-order valence-corrected chi connectivity index (χ0v) is 24.2. The van der Waals surface area contributed by atoms with Gasteiger partial charge in [0, 0.05) is 19.0 Å². The van der Waals surface area contributed by atoms with E-state index in [2.05, 4.69) is 27.8 Å². The Bertz CT molecular complexity index is 1540. The normalized spacial score (nSPS) is 12.8. The number of carbonyl (C=O) groups is 3. The van der Waals surface area contributed by atoms with Crippen LogP contribution in [0.25, 0.3) is 11.1 Å². The van der Waals surface area contributed by atoms with E-state index in [4.69, 9.17) is 4.74 Å². The highest BCUT2D eigenvalue weighted by Crippen LogP contribution is 2.44. The highest BCUT2D eigenvalue weighted by molar-refractivity contribution is 7.13. The number of rotatable bonds is 11. The number of alkyl carbamates (subject to hydrolysis) is 1. The van der Waals surface area contributed by atoms with Crippen LogP contribution < -0.4 is 10.6 Å². The van der Waals surface area contributed by atoms with Gasteiger partial charge in [-0.05, 0) is 41.8 Å². The predicted molar refractivity (Wildman–Crippen MR) is 160 cm³/mol. The number of amides is 2. The van der Waals surface area contributed by atoms with Gasteiger partial charge >= 0.3 is 12.1 Å². The maximum atomic E-state index is 13.3. The van der Waals surface area contributed by atoms with E-state index in [9.17, 15) is 19.5 Å². The maximum Gasteiger partial charge on any atom is 0.407 e. The van der Waals surface area contributed by atoms with Crippen LogP contribution in [0.5, 0.6) is 0 Å². The maximum absolute atomic E-state index is 13.3. The summed E-state index contributed by atoms with van der Waals surface area (Å²) >= 11 is 1.01. The van der Waals surface area contributed by atoms with Gasteiger partial charge in [-0.1, -0.05) is 78.9 Å². The summed E-state index contributed by atoms with van der Waals surface area (Å²) in [5, 5.41) is 15.3. The van der Waals surface area contributed by atoms with Gasteiger partial charge in [0.2, 0.25) is 5.91 Å². The fourth-order valence-corrected chi connectivity index (χ4v) is 6.10. The van der Waals surface area contributed by atoms with Crippen LogP contribution in [0.4, 0.5) is 4.79 Å². The number of carboxylic acids is 1. The van der Waals surface area contributed by atoms with Gasteiger partial charge in [-0.25, -0.2) is 14.6 Å². The molecule has 10 heteroatoms. The van der Waals surface area contributed by atoms with E-state index >= 15 is 0 Å². The first-order valence-corrected chi connectivity index (χ1v) is 14.4. The van der Waals surface area contributed by atoms with Crippen molar-refractivity contribution in [2.75, 3.05) is 20.2 Å². The Kier molecular flexibility index (Phi) is 8.94. The van der Waals surface area contributed by atoms with Crippen molar-refractivity contribution in [1.29, 1.82) is 0 Å². The van der Waals surface area contributed by atoms with Crippen LogP contribution >= 0.6 is 11.3 Å². The van der Waals surface area contributed by atoms with Gasteiger partial charge in [-0.3, -0.25) is 9.69 Å². The SMILES string of the molecule is Cc1nc(CNC(=O)C(CN(C)Cc2ccccc2)NC(=O)OCC2c3ccccc3-c3ccccc32)sc1C(=O)O. The third kappa shape index (κ3) is 6.67. The molecule has 216 valence electrons. The van der Waals surface area contributed by atoms with Gasteiger partial charge in [0.25, 0.3) is 0 Å². The summed E-state index contributed by atoms with van der Waals surface area (Å²) in [5.41, 5.74) is 5.92. The van der Waals surface area contributed by atoms with E-state index in [-0.39, 0.29) is 30.5 Å². The lowest BCUT2D eigenvalue weighted by molar-refractivity contribution is -0.123. The number of nitrogens with one attached hydrogen (secondary N) is 2. The molecule has 42 heavy (non-hydrogen) atoms. The lowest BCUT2D eigenvalue weighted by Crippen LogP contribution is -2.52. The quantitative estimate of drug-likeness (QED) is 0.232. The number of carboxylic acid groups (broad SMARTS) is 1. The summed E-state index contributed by atoms with van der Waals surface area (Å²) in [6.45, 7) is 2.59. The van der Waals surface area contributed by atoms with Crippen molar-refractivity contribution in [3.8, 4) is 11.1 Å². The average molecular weight is 585 g/mol. The highest BCUT2D eigenvalue weighted by Gasteiger charge is 2.30. The van der Waals surface area contributed by atoms with E-state index < -0.39 is 24.0 Å². The molecule has 0 fully saturated rings. The van der Waals surface area contributed by atoms with Crippen molar-refractivity contribution >= 4 is 29.3 Å². The number of aromatic nitrogens is 1. The third-order valence-corrected chi connectivity index (χ3v) is 8.34. The van der Waals surface area contributed by atoms with Gasteiger partial charge in [0.05, 0.1) is 12.2 Å². The highest BCUT2D eigenvalue weighted by atomic mass is 32.1. The Balaban J connectivity index is 1.25. The van der Waals surface area contributed by atoms with Crippen LogP contribution in [0.2, 0.25) is 0 Å². The van der Waals surface area contributed by atoms with Crippen molar-refractivity contribution in [1.82, 2.24) is 20.5 Å². The first-order chi connectivity index (χ1) is 20.3. The summed E-state index contributed by atoms with van der Waals surface area (Å²) in [6, 6.07) is 25.1. The van der Waals surface area contributed by atoms with Gasteiger partial charge in [0.1, 0.15) is 22.5 Å². The molecule has 5 rings (SSSR count). The second kappa shape index (κ2) is 13.0. The van der Waals surface area contributed by atoms with Crippen LogP contribution in [0.15, 0.2) is 78.9 Å². The van der Waals surface area contributed by atoms with Crippen LogP contribution in [-0.2, 0) is 22.6 Å². The Morgan fingerprint density at radius 1 is 0.976 bits per heavy atom. The Morgan fingerprint density at radius 2 is 1.60 bits per heavy atom. The number of likely N-dealkylation sites (N-methyl/N-ethyl adjacent to an activating group) is 1. The fourth-order valence-electron chi connectivity index (χ4n) is 5.26. The first-order valence-electron chi connectivity index (χ1n) is 13.6. The molecule has 1 aromatic heterocycles. The van der Waals surface area contributed by atoms with E-state index in [0.29, 0.717) is 17.2 Å². The van der Waals surface area contributed by atoms with Crippen molar-refractivity contribution in [3.05, 3.63) is 111 Å². The number of carbonyl (C=O) groups excluding carboxylic acids is 2. The van der Waals surface area contributed by atoms with Crippen molar-refractivity contribution in [2.45, 2.75) is 32.0 Å². The second-order valence-corrected chi connectivity index (χ2v) is 11.3. The number of aryl methyl sites for hydroxylation is 1. The largest absolute Gasteiger partial charge is 0.477 e. The number of nitrogens with zero attached hydrogens (tertiary/aromatic N) is 2. The molecule has 0 saturated heterocycles. The van der Waals surface area contributed by atoms with Crippen LogP contribution in [-0.4, -0.2) is 59.2 Å². The molecule has 1 atom stereocenters. The third-order valence-electron chi connectivity index (χ3n) is 7.19. The minimum absolute atomic E-state index is 0.0445. The van der Waals surface area contributed by atoms with Crippen LogP contribution in [0, 0.1) is 6.92 Å². The molecular formula is C32H32N4O5S. The molecule has 0 aliphatic heterocycles. The van der Waals surface area contributed by atoms with Crippen molar-refractivity contribution in [3.63, 3.8) is 0 Å². The predicted octanol–water partition coefficient (Wildman–Crippen LogP) is 4.81. The fraction of sp³-hybridized carbons (Fsp3) is 0.250. The summed E-state index contributed by atoms with van der Waals surface area (Å²) < 4.78 is 5.70. The van der Waals surface area contributed by atoms with E-state index in [1.165, 1.54) is 0 Å². The monoisotopic (exact) mass is 584 g/mol. The van der Waals surface area contributed by atoms with Crippen molar-refractivity contribution in [2.24, 2.45) is 0 Å². The lowest BCUT2D eigenvalue weighted by atomic mass is 9.98. The molecule has 1 unspecified atom stereocenters. The number of ether oxygens (including phenoxy) is 1. The van der Waals surface area contributed by atoms with Gasteiger partial charge in [-0.2, -0.15) is 0 Å². The number of fused-ring (bicyclic) bond motifs is 3. The zero-order chi connectivity index (χ0) is 29.6. The summed E-state index contributed by atoms with van der Waals surface area (Å²) in [7, 11) is 1.87. The second-order valence-electron chi connectivity index (χ2n) is 10.2. The molecule has 0 radical (unpaired) electrons. The smallest absolute Gasteiger partial charge is 0.407 e. The Labute approximate surface area is 248 Å². The topological polar surface area (TPSA) is 121 Å². The molecule has 9 nitrogen and oxygen atoms in total. The molecule has 1 aliphatic rings. The molecule has 1 heterocycles. The Hall–Kier alpha value is -4.54. The van der Waals surface area contributed by atoms with E-state index in [1.54, 1.807) is 6.92 Å². The summed E-state index contributed by atoms with van der Waals surface area (Å²) in [6.07, 6.45) is -0.691. The van der Waals surface area contributed by atoms with Crippen molar-refractivity contribution < 1.29 is 24.2 Å². The molecular weight excluding hydrogens is 552 g/mol. The average Bonchev–Trinajstić information content (AvgIpc) is 3.52. The molecule has 0 bridgehead atoms. The molecule has 3 aromatic carbocycles. The first kappa shape index (κ1) is 29.0. The summed E-state index contributed by atoms with van der Waals surface area (Å²) in [5.74, 6) is -1.58. The minimum atomic E-state index is -1.06. The van der Waals surface area contributed by atoms with Crippen LogP contribution in [0.1, 0.15) is 43.0 Å². The van der Waals surface area contributed by atoms with Gasteiger partial charge < -0.3 is 20.5 Å². The van der Waals surface area contributed by atoms with E-state index in [1.807, 2.05) is 78.7 Å². The molecule has 0 spiro atoms. The number of hydrogen-bond acceptors (Lipinski definition) is 7. The number of aromatic carboxylic acids is 1. The van der Waals surface area contributed by atoms with Crippen LogP contribution in [0.3, 0.4) is 0 Å². The molecule has 3 N–H and O–H groups in total. The zero-order valence-electron chi connectivity index (χ0n) is 23.4. The Morgan fingerprint density at radius 3 is 2.21 bits per heavy atom. The summed E-state index contributed by atoms with van der Waals surface area (Å²) in [4.78, 5) is 44.1. The van der Waals surface area contributed by atoms with E-state index in [0.717, 1.165) is 39.2 Å².